The first-order chi connectivity index (χ1) is 10.8. The van der Waals surface area contributed by atoms with E-state index in [1.807, 2.05) is 12.1 Å². The molecule has 1 saturated carbocycles. The van der Waals surface area contributed by atoms with Crippen LogP contribution in [0.1, 0.15) is 75.7 Å². The zero-order valence-corrected chi connectivity index (χ0v) is 14.6. The fourth-order valence-corrected chi connectivity index (χ4v) is 5.82. The van der Waals surface area contributed by atoms with E-state index >= 15 is 0 Å². The number of phenols is 1. The highest BCUT2D eigenvalue weighted by molar-refractivity contribution is 5.50. The fourth-order valence-electron chi connectivity index (χ4n) is 5.82. The number of ether oxygens (including phenoxy) is 1. The van der Waals surface area contributed by atoms with Crippen LogP contribution < -0.4 is 0 Å². The van der Waals surface area contributed by atoms with Crippen LogP contribution in [-0.2, 0) is 10.2 Å². The Balaban J connectivity index is 1.94. The van der Waals surface area contributed by atoms with Gasteiger partial charge in [-0.3, -0.25) is 0 Å². The van der Waals surface area contributed by atoms with Gasteiger partial charge in [0.15, 0.2) is 0 Å². The van der Waals surface area contributed by atoms with Gasteiger partial charge < -0.3 is 14.9 Å². The Morgan fingerprint density at radius 3 is 2.65 bits per heavy atom. The van der Waals surface area contributed by atoms with E-state index in [9.17, 15) is 10.2 Å². The van der Waals surface area contributed by atoms with Gasteiger partial charge in [0, 0.05) is 5.92 Å². The van der Waals surface area contributed by atoms with Crippen molar-refractivity contribution < 1.29 is 14.9 Å². The van der Waals surface area contributed by atoms with E-state index < -0.39 is 6.10 Å². The van der Waals surface area contributed by atoms with Gasteiger partial charge in [-0.15, -0.1) is 0 Å². The molecule has 1 aromatic carbocycles. The highest BCUT2D eigenvalue weighted by atomic mass is 16.5. The molecule has 0 bridgehead atoms. The number of fused-ring (bicyclic) bond motifs is 2. The summed E-state index contributed by atoms with van der Waals surface area (Å²) in [5.74, 6) is 0.937. The average molecular weight is 316 g/mol. The normalized spacial score (nSPS) is 41.7. The molecule has 1 saturated heterocycles. The van der Waals surface area contributed by atoms with Crippen molar-refractivity contribution in [3.63, 3.8) is 0 Å². The van der Waals surface area contributed by atoms with Gasteiger partial charge in [-0.05, 0) is 58.4 Å². The SMILES string of the molecule is CC(C)c1cc2c(cc1O)[C@@]1(C)CCC[C@@]3(C)CO[C@H](C31)[C@@H]2O. The summed E-state index contributed by atoms with van der Waals surface area (Å²) in [5, 5.41) is 21.5. The third-order valence-corrected chi connectivity index (χ3v) is 6.88. The molecule has 1 unspecified atom stereocenters. The summed E-state index contributed by atoms with van der Waals surface area (Å²) in [7, 11) is 0. The minimum Gasteiger partial charge on any atom is -0.508 e. The van der Waals surface area contributed by atoms with Crippen LogP contribution in [0, 0.1) is 11.3 Å². The summed E-state index contributed by atoms with van der Waals surface area (Å²) in [6.45, 7) is 9.52. The molecule has 0 aromatic heterocycles. The molecule has 4 rings (SSSR count). The highest BCUT2D eigenvalue weighted by Crippen LogP contribution is 2.63. The lowest BCUT2D eigenvalue weighted by Gasteiger charge is -2.54. The maximum absolute atomic E-state index is 11.0. The van der Waals surface area contributed by atoms with E-state index in [0.29, 0.717) is 11.7 Å². The number of aromatic hydroxyl groups is 1. The summed E-state index contributed by atoms with van der Waals surface area (Å²) in [5.41, 5.74) is 3.16. The molecule has 1 aliphatic heterocycles. The van der Waals surface area contributed by atoms with Crippen LogP contribution in [-0.4, -0.2) is 22.9 Å². The molecule has 0 amide bonds. The standard InChI is InChI=1S/C20H28O3/c1-11(2)12-8-13-14(9-15(12)21)20(4)7-5-6-19(3)10-23-17(16(13)22)18(19)20/h8-9,11,16-18,21-22H,5-7,10H2,1-4H3/t16-,17+,18?,19+,20-/m1/s1. The van der Waals surface area contributed by atoms with Gasteiger partial charge in [0.2, 0.25) is 0 Å². The minimum absolute atomic E-state index is 0.0181. The molecule has 1 aromatic rings. The predicted molar refractivity (Wildman–Crippen MR) is 89.7 cm³/mol. The van der Waals surface area contributed by atoms with Crippen molar-refractivity contribution in [1.29, 1.82) is 0 Å². The maximum Gasteiger partial charge on any atom is 0.119 e. The first-order valence-electron chi connectivity index (χ1n) is 8.95. The summed E-state index contributed by atoms with van der Waals surface area (Å²) in [6.07, 6.45) is 2.76. The second-order valence-corrected chi connectivity index (χ2v) is 8.78. The van der Waals surface area contributed by atoms with E-state index in [2.05, 4.69) is 27.7 Å². The Labute approximate surface area is 138 Å². The molecule has 3 heteroatoms. The molecule has 2 fully saturated rings. The van der Waals surface area contributed by atoms with Gasteiger partial charge in [-0.2, -0.15) is 0 Å². The second kappa shape index (κ2) is 4.73. The fraction of sp³-hybridized carbons (Fsp3) is 0.700. The summed E-state index contributed by atoms with van der Waals surface area (Å²) < 4.78 is 6.13. The number of benzene rings is 1. The van der Waals surface area contributed by atoms with Gasteiger partial charge >= 0.3 is 0 Å². The lowest BCUT2D eigenvalue weighted by molar-refractivity contribution is -0.0553. The molecule has 2 aliphatic carbocycles. The van der Waals surface area contributed by atoms with E-state index in [0.717, 1.165) is 29.7 Å². The Kier molecular flexibility index (Phi) is 3.18. The number of phenolic OH excluding ortho intramolecular Hbond substituents is 1. The van der Waals surface area contributed by atoms with Crippen LogP contribution in [0.2, 0.25) is 0 Å². The predicted octanol–water partition coefficient (Wildman–Crippen LogP) is 4.03. The molecule has 5 atom stereocenters. The number of hydrogen-bond donors (Lipinski definition) is 2. The Morgan fingerprint density at radius 2 is 1.96 bits per heavy atom. The summed E-state index contributed by atoms with van der Waals surface area (Å²) in [6, 6.07) is 3.96. The first kappa shape index (κ1) is 15.5. The van der Waals surface area contributed by atoms with Gasteiger partial charge in [-0.1, -0.05) is 34.1 Å². The Morgan fingerprint density at radius 1 is 1.22 bits per heavy atom. The number of aliphatic hydroxyl groups is 1. The lowest BCUT2D eigenvalue weighted by Crippen LogP contribution is -2.53. The van der Waals surface area contributed by atoms with E-state index in [-0.39, 0.29) is 22.9 Å². The molecule has 3 nitrogen and oxygen atoms in total. The average Bonchev–Trinajstić information content (AvgIpc) is 2.84. The zero-order valence-electron chi connectivity index (χ0n) is 14.6. The zero-order chi connectivity index (χ0) is 16.6. The minimum atomic E-state index is -0.582. The molecule has 0 radical (unpaired) electrons. The summed E-state index contributed by atoms with van der Waals surface area (Å²) in [4.78, 5) is 0. The molecule has 1 heterocycles. The topological polar surface area (TPSA) is 49.7 Å². The van der Waals surface area contributed by atoms with Gasteiger partial charge in [-0.25, -0.2) is 0 Å². The van der Waals surface area contributed by atoms with Crippen LogP contribution in [0.25, 0.3) is 0 Å². The molecular weight excluding hydrogens is 288 g/mol. The molecule has 2 N–H and O–H groups in total. The molecule has 3 aliphatic rings. The highest BCUT2D eigenvalue weighted by Gasteiger charge is 2.62. The van der Waals surface area contributed by atoms with Crippen molar-refractivity contribution in [2.75, 3.05) is 6.61 Å². The third-order valence-electron chi connectivity index (χ3n) is 6.88. The van der Waals surface area contributed by atoms with Crippen LogP contribution in [0.5, 0.6) is 5.75 Å². The molecule has 23 heavy (non-hydrogen) atoms. The van der Waals surface area contributed by atoms with Crippen molar-refractivity contribution in [1.82, 2.24) is 0 Å². The Hall–Kier alpha value is -1.06. The van der Waals surface area contributed by atoms with Crippen molar-refractivity contribution >= 4 is 0 Å². The van der Waals surface area contributed by atoms with Crippen LogP contribution in [0.4, 0.5) is 0 Å². The van der Waals surface area contributed by atoms with Crippen molar-refractivity contribution in [2.45, 2.75) is 70.5 Å². The van der Waals surface area contributed by atoms with Crippen LogP contribution in [0.15, 0.2) is 12.1 Å². The van der Waals surface area contributed by atoms with Crippen LogP contribution in [0.3, 0.4) is 0 Å². The number of aliphatic hydroxyl groups excluding tert-OH is 1. The van der Waals surface area contributed by atoms with Crippen molar-refractivity contribution in [2.24, 2.45) is 11.3 Å². The maximum atomic E-state index is 11.0. The second-order valence-electron chi connectivity index (χ2n) is 8.78. The van der Waals surface area contributed by atoms with E-state index in [1.165, 1.54) is 12.8 Å². The summed E-state index contributed by atoms with van der Waals surface area (Å²) >= 11 is 0. The third kappa shape index (κ3) is 1.90. The van der Waals surface area contributed by atoms with Gasteiger partial charge in [0.05, 0.1) is 12.7 Å². The van der Waals surface area contributed by atoms with Crippen molar-refractivity contribution in [3.8, 4) is 5.75 Å². The van der Waals surface area contributed by atoms with E-state index in [1.54, 1.807) is 0 Å². The molecular formula is C20H28O3. The number of rotatable bonds is 1. The monoisotopic (exact) mass is 316 g/mol. The smallest absolute Gasteiger partial charge is 0.119 e. The number of hydrogen-bond acceptors (Lipinski definition) is 3. The lowest BCUT2D eigenvalue weighted by atomic mass is 9.49. The molecule has 126 valence electrons. The van der Waals surface area contributed by atoms with Crippen LogP contribution >= 0.6 is 0 Å². The van der Waals surface area contributed by atoms with Gasteiger partial charge in [0.1, 0.15) is 11.9 Å². The quantitative estimate of drug-likeness (QED) is 0.822. The molecule has 0 spiro atoms. The Bertz CT molecular complexity index is 653. The van der Waals surface area contributed by atoms with Gasteiger partial charge in [0.25, 0.3) is 0 Å². The first-order valence-corrected chi connectivity index (χ1v) is 8.95. The van der Waals surface area contributed by atoms with Crippen molar-refractivity contribution in [3.05, 3.63) is 28.8 Å². The largest absolute Gasteiger partial charge is 0.508 e. The van der Waals surface area contributed by atoms with E-state index in [4.69, 9.17) is 4.74 Å².